The van der Waals surface area contributed by atoms with E-state index in [2.05, 4.69) is 39.8 Å². The van der Waals surface area contributed by atoms with E-state index in [-0.39, 0.29) is 5.91 Å². The van der Waals surface area contributed by atoms with Gasteiger partial charge in [-0.1, -0.05) is 28.9 Å². The number of unbranched alkanes of at least 4 members (excludes halogenated alkanes) is 2. The zero-order valence-electron chi connectivity index (χ0n) is 10.2. The van der Waals surface area contributed by atoms with Gasteiger partial charge in [-0.05, 0) is 45.5 Å². The van der Waals surface area contributed by atoms with E-state index in [0.717, 1.165) is 31.4 Å². The molecule has 0 aromatic carbocycles. The van der Waals surface area contributed by atoms with Gasteiger partial charge in [-0.15, -0.1) is 0 Å². The number of hydrogen-bond acceptors (Lipinski definition) is 2. The molecule has 94 valence electrons. The quantitative estimate of drug-likeness (QED) is 0.380. The van der Waals surface area contributed by atoms with Gasteiger partial charge in [-0.3, -0.25) is 4.79 Å². The Balaban J connectivity index is 3.26. The van der Waals surface area contributed by atoms with Crippen LogP contribution in [0, 0.1) is 0 Å². The van der Waals surface area contributed by atoms with Crippen LogP contribution in [0.3, 0.4) is 0 Å². The second-order valence-corrected chi connectivity index (χ2v) is 4.69. The third-order valence-corrected chi connectivity index (χ3v) is 2.94. The Morgan fingerprint density at radius 2 is 2.00 bits per heavy atom. The number of alkyl halides is 1. The van der Waals surface area contributed by atoms with Crippen molar-refractivity contribution in [3.8, 4) is 0 Å². The molecule has 3 nitrogen and oxygen atoms in total. The first-order valence-electron chi connectivity index (χ1n) is 5.85. The van der Waals surface area contributed by atoms with Crippen LogP contribution < -0.4 is 5.32 Å². The molecule has 0 fully saturated rings. The van der Waals surface area contributed by atoms with Crippen molar-refractivity contribution < 1.29 is 4.79 Å². The topological polar surface area (TPSA) is 32.3 Å². The van der Waals surface area contributed by atoms with Crippen LogP contribution in [0.5, 0.6) is 0 Å². The van der Waals surface area contributed by atoms with E-state index < -0.39 is 0 Å². The van der Waals surface area contributed by atoms with Crippen LogP contribution in [0.4, 0.5) is 0 Å². The highest BCUT2D eigenvalue weighted by atomic mass is 79.9. The van der Waals surface area contributed by atoms with Crippen molar-refractivity contribution in [2.24, 2.45) is 0 Å². The number of nitrogens with zero attached hydrogens (tertiary/aromatic N) is 1. The lowest BCUT2D eigenvalue weighted by Crippen LogP contribution is -2.27. The summed E-state index contributed by atoms with van der Waals surface area (Å²) >= 11 is 3.43. The van der Waals surface area contributed by atoms with Gasteiger partial charge in [0.05, 0.1) is 0 Å². The first-order chi connectivity index (χ1) is 7.70. The Morgan fingerprint density at radius 3 is 2.62 bits per heavy atom. The van der Waals surface area contributed by atoms with Gasteiger partial charge < -0.3 is 10.2 Å². The molecule has 0 aliphatic carbocycles. The minimum atomic E-state index is -0.0834. The monoisotopic (exact) mass is 290 g/mol. The second-order valence-electron chi connectivity index (χ2n) is 3.90. The average Bonchev–Trinajstić information content (AvgIpc) is 2.30. The number of carbonyl (C=O) groups is 1. The zero-order chi connectivity index (χ0) is 12.2. The molecule has 0 aromatic heterocycles. The van der Waals surface area contributed by atoms with Crippen molar-refractivity contribution in [2.45, 2.75) is 25.7 Å². The van der Waals surface area contributed by atoms with Crippen LogP contribution in [0.1, 0.15) is 25.7 Å². The molecule has 0 atom stereocenters. The lowest BCUT2D eigenvalue weighted by molar-refractivity contribution is -0.116. The Hall–Kier alpha value is -0.350. The third kappa shape index (κ3) is 10.2. The van der Waals surface area contributed by atoms with Crippen LogP contribution in [-0.2, 0) is 4.79 Å². The van der Waals surface area contributed by atoms with Gasteiger partial charge in [-0.2, -0.15) is 0 Å². The van der Waals surface area contributed by atoms with Crippen LogP contribution in [0.25, 0.3) is 0 Å². The molecule has 0 rings (SSSR count). The minimum absolute atomic E-state index is 0.0834. The smallest absolute Gasteiger partial charge is 0.243 e. The molecule has 1 amide bonds. The first kappa shape index (κ1) is 15.7. The Morgan fingerprint density at radius 1 is 1.31 bits per heavy atom. The largest absolute Gasteiger partial charge is 0.353 e. The fraction of sp³-hybridized carbons (Fsp3) is 0.750. The molecular weight excluding hydrogens is 268 g/mol. The fourth-order valence-corrected chi connectivity index (χ4v) is 1.79. The number of carbonyl (C=O) groups excluding carboxylic acids is 1. The van der Waals surface area contributed by atoms with Crippen molar-refractivity contribution in [2.75, 3.05) is 32.0 Å². The number of hydrogen-bond donors (Lipinski definition) is 1. The van der Waals surface area contributed by atoms with E-state index in [1.165, 1.54) is 25.3 Å². The van der Waals surface area contributed by atoms with Gasteiger partial charge in [-0.25, -0.2) is 0 Å². The fourth-order valence-electron chi connectivity index (χ4n) is 1.40. The van der Waals surface area contributed by atoms with Gasteiger partial charge in [0.1, 0.15) is 0 Å². The SMILES string of the molecule is C=CC(=O)NCCCN(C)CCCCCBr. The number of nitrogens with one attached hydrogen (secondary N) is 1. The summed E-state index contributed by atoms with van der Waals surface area (Å²) in [5.41, 5.74) is 0. The molecule has 0 bridgehead atoms. The van der Waals surface area contributed by atoms with Crippen molar-refractivity contribution in [1.29, 1.82) is 0 Å². The summed E-state index contributed by atoms with van der Waals surface area (Å²) in [6.07, 6.45) is 6.09. The summed E-state index contributed by atoms with van der Waals surface area (Å²) in [5.74, 6) is -0.0834. The highest BCUT2D eigenvalue weighted by molar-refractivity contribution is 9.09. The summed E-state index contributed by atoms with van der Waals surface area (Å²) in [6, 6.07) is 0. The Kier molecular flexibility index (Phi) is 10.9. The van der Waals surface area contributed by atoms with Gasteiger partial charge in [0, 0.05) is 11.9 Å². The summed E-state index contributed by atoms with van der Waals surface area (Å²) in [7, 11) is 2.13. The lowest BCUT2D eigenvalue weighted by Gasteiger charge is -2.16. The molecule has 0 heterocycles. The molecule has 0 aliphatic rings. The standard InChI is InChI=1S/C12H23BrN2O/c1-3-12(16)14-9-7-11-15(2)10-6-4-5-8-13/h3H,1,4-11H2,2H3,(H,14,16). The van der Waals surface area contributed by atoms with E-state index in [4.69, 9.17) is 0 Å². The van der Waals surface area contributed by atoms with Gasteiger partial charge >= 0.3 is 0 Å². The van der Waals surface area contributed by atoms with Crippen molar-refractivity contribution in [3.63, 3.8) is 0 Å². The lowest BCUT2D eigenvalue weighted by atomic mass is 10.2. The predicted molar refractivity (Wildman–Crippen MR) is 73.0 cm³/mol. The average molecular weight is 291 g/mol. The van der Waals surface area contributed by atoms with Crippen molar-refractivity contribution in [1.82, 2.24) is 10.2 Å². The molecule has 16 heavy (non-hydrogen) atoms. The normalized spacial score (nSPS) is 10.4. The van der Waals surface area contributed by atoms with Crippen LogP contribution in [0.15, 0.2) is 12.7 Å². The highest BCUT2D eigenvalue weighted by Gasteiger charge is 1.98. The molecule has 0 unspecified atom stereocenters. The molecule has 0 aromatic rings. The number of rotatable bonds is 10. The Labute approximate surface area is 107 Å². The van der Waals surface area contributed by atoms with Crippen molar-refractivity contribution >= 4 is 21.8 Å². The molecule has 4 heteroatoms. The number of halogens is 1. The molecule has 0 spiro atoms. The van der Waals surface area contributed by atoms with E-state index in [9.17, 15) is 4.79 Å². The summed E-state index contributed by atoms with van der Waals surface area (Å²) in [6.45, 7) is 6.31. The van der Waals surface area contributed by atoms with E-state index in [1.54, 1.807) is 0 Å². The molecular formula is C12H23BrN2O. The van der Waals surface area contributed by atoms with E-state index in [1.807, 2.05) is 0 Å². The molecule has 0 aliphatic heterocycles. The van der Waals surface area contributed by atoms with E-state index in [0.29, 0.717) is 0 Å². The maximum Gasteiger partial charge on any atom is 0.243 e. The predicted octanol–water partition coefficient (Wildman–Crippen LogP) is 2.18. The highest BCUT2D eigenvalue weighted by Crippen LogP contribution is 2.00. The van der Waals surface area contributed by atoms with Gasteiger partial charge in [0.25, 0.3) is 0 Å². The van der Waals surface area contributed by atoms with Crippen LogP contribution >= 0.6 is 15.9 Å². The minimum Gasteiger partial charge on any atom is -0.353 e. The Bertz CT molecular complexity index is 197. The molecule has 1 N–H and O–H groups in total. The summed E-state index contributed by atoms with van der Waals surface area (Å²) in [4.78, 5) is 13.2. The van der Waals surface area contributed by atoms with Crippen molar-refractivity contribution in [3.05, 3.63) is 12.7 Å². The third-order valence-electron chi connectivity index (χ3n) is 2.37. The maximum absolute atomic E-state index is 10.9. The summed E-state index contributed by atoms with van der Waals surface area (Å²) < 4.78 is 0. The van der Waals surface area contributed by atoms with Gasteiger partial charge in [0.2, 0.25) is 5.91 Å². The van der Waals surface area contributed by atoms with Gasteiger partial charge in [0.15, 0.2) is 0 Å². The molecule has 0 saturated heterocycles. The second kappa shape index (κ2) is 11.1. The van der Waals surface area contributed by atoms with E-state index >= 15 is 0 Å². The number of amides is 1. The zero-order valence-corrected chi connectivity index (χ0v) is 11.8. The molecule has 0 radical (unpaired) electrons. The first-order valence-corrected chi connectivity index (χ1v) is 6.97. The van der Waals surface area contributed by atoms with Crippen LogP contribution in [-0.4, -0.2) is 42.8 Å². The maximum atomic E-state index is 10.9. The molecule has 0 saturated carbocycles. The summed E-state index contributed by atoms with van der Waals surface area (Å²) in [5, 5.41) is 3.88. The van der Waals surface area contributed by atoms with Crippen LogP contribution in [0.2, 0.25) is 0 Å².